The second-order valence-corrected chi connectivity index (χ2v) is 9.20. The Balaban J connectivity index is 1.92. The Morgan fingerprint density at radius 3 is 2.45 bits per heavy atom. The lowest BCUT2D eigenvalue weighted by atomic mass is 10.1. The molecule has 2 aromatic rings. The van der Waals surface area contributed by atoms with Gasteiger partial charge in [0.2, 0.25) is 17.7 Å². The fourth-order valence-electron chi connectivity index (χ4n) is 3.42. The number of amides is 3. The van der Waals surface area contributed by atoms with Gasteiger partial charge in [-0.15, -0.1) is 0 Å². The first-order valence-electron chi connectivity index (χ1n) is 12.6. The number of pyridine rings is 1. The van der Waals surface area contributed by atoms with E-state index in [4.69, 9.17) is 4.74 Å². The first kappa shape index (κ1) is 30.0. The monoisotopic (exact) mass is 524 g/mol. The summed E-state index contributed by atoms with van der Waals surface area (Å²) in [7, 11) is 0. The fourth-order valence-corrected chi connectivity index (χ4v) is 3.42. The van der Waals surface area contributed by atoms with Crippen molar-refractivity contribution in [1.82, 2.24) is 15.2 Å². The summed E-state index contributed by atoms with van der Waals surface area (Å²) >= 11 is 0. The molecule has 3 amide bonds. The number of rotatable bonds is 14. The highest BCUT2D eigenvalue weighted by Crippen LogP contribution is 2.06. The molecule has 0 radical (unpaired) electrons. The smallest absolute Gasteiger partial charge is 0.330 e. The number of nitrogens with zero attached hydrogens (tertiary/aromatic N) is 1. The van der Waals surface area contributed by atoms with Crippen molar-refractivity contribution in [2.75, 3.05) is 11.9 Å². The molecule has 10 heteroatoms. The van der Waals surface area contributed by atoms with E-state index in [0.717, 1.165) is 12.0 Å². The van der Waals surface area contributed by atoms with Crippen LogP contribution in [0.5, 0.6) is 0 Å². The summed E-state index contributed by atoms with van der Waals surface area (Å²) in [5.74, 6) is -1.39. The van der Waals surface area contributed by atoms with E-state index in [1.807, 2.05) is 30.3 Å². The molecule has 0 saturated carbocycles. The second-order valence-electron chi connectivity index (χ2n) is 9.20. The van der Waals surface area contributed by atoms with Gasteiger partial charge < -0.3 is 25.3 Å². The van der Waals surface area contributed by atoms with Crippen molar-refractivity contribution >= 4 is 29.4 Å². The molecule has 2 rings (SSSR count). The number of hydrogen-bond acceptors (Lipinski definition) is 6. The first-order chi connectivity index (χ1) is 18.2. The number of aromatic nitrogens is 1. The minimum atomic E-state index is -0.940. The second kappa shape index (κ2) is 15.8. The summed E-state index contributed by atoms with van der Waals surface area (Å²) in [5, 5.41) is 7.87. The Bertz CT molecular complexity index is 1170. The molecular formula is C28H36N4O6. The minimum absolute atomic E-state index is 0.0112. The van der Waals surface area contributed by atoms with Crippen LogP contribution in [-0.2, 0) is 37.1 Å². The molecule has 1 aromatic carbocycles. The number of allylic oxidation sites excluding steroid dienone is 1. The fraction of sp³-hybridized carbons (Fsp3) is 0.393. The lowest BCUT2D eigenvalue weighted by Crippen LogP contribution is -2.43. The Morgan fingerprint density at radius 1 is 1.03 bits per heavy atom. The number of benzene rings is 1. The third-order valence-corrected chi connectivity index (χ3v) is 5.43. The van der Waals surface area contributed by atoms with Crippen LogP contribution < -0.4 is 21.5 Å². The van der Waals surface area contributed by atoms with E-state index in [2.05, 4.69) is 29.8 Å². The summed E-state index contributed by atoms with van der Waals surface area (Å²) in [6.07, 6.45) is 5.61. The van der Waals surface area contributed by atoms with Crippen molar-refractivity contribution in [3.8, 4) is 0 Å². The number of ether oxygens (including phenoxy) is 1. The molecule has 0 aliphatic rings. The number of nitrogens with one attached hydrogen (secondary N) is 3. The van der Waals surface area contributed by atoms with Crippen LogP contribution in [0.25, 0.3) is 0 Å². The normalized spacial score (nSPS) is 11.7. The third-order valence-electron chi connectivity index (χ3n) is 5.43. The van der Waals surface area contributed by atoms with Crippen molar-refractivity contribution < 1.29 is 23.9 Å². The quantitative estimate of drug-likeness (QED) is 0.257. The molecule has 3 N–H and O–H groups in total. The van der Waals surface area contributed by atoms with Gasteiger partial charge in [-0.05, 0) is 42.9 Å². The van der Waals surface area contributed by atoms with Gasteiger partial charge in [0.05, 0.1) is 0 Å². The van der Waals surface area contributed by atoms with Crippen molar-refractivity contribution in [1.29, 1.82) is 0 Å². The average Bonchev–Trinajstić information content (AvgIpc) is 2.87. The summed E-state index contributed by atoms with van der Waals surface area (Å²) < 4.78 is 6.38. The number of hydrogen-bond donors (Lipinski definition) is 3. The molecule has 10 nitrogen and oxygen atoms in total. The van der Waals surface area contributed by atoms with Crippen LogP contribution in [0.3, 0.4) is 0 Å². The van der Waals surface area contributed by atoms with Gasteiger partial charge in [0, 0.05) is 25.7 Å². The number of esters is 1. The highest BCUT2D eigenvalue weighted by atomic mass is 16.5. The number of anilines is 1. The molecule has 1 aromatic heterocycles. The Kier molecular flexibility index (Phi) is 12.5. The van der Waals surface area contributed by atoms with Gasteiger partial charge in [-0.3, -0.25) is 19.2 Å². The summed E-state index contributed by atoms with van der Waals surface area (Å²) in [6.45, 7) is 5.86. The van der Waals surface area contributed by atoms with Crippen molar-refractivity contribution in [2.24, 2.45) is 5.92 Å². The molecule has 38 heavy (non-hydrogen) atoms. The maximum Gasteiger partial charge on any atom is 0.330 e. The maximum absolute atomic E-state index is 12.9. The molecule has 0 aliphatic heterocycles. The molecule has 0 saturated heterocycles. The standard InChI is InChI=1S/C28H36N4O6/c1-20(2)15-16-29-25(34)18-32-17-9-13-24(28(32)37)31-27(36)23(30-21(3)33)12-7-8-14-26(35)38-19-22-10-5-4-6-11-22/h4-6,8-11,13-14,17,20,23H,7,12,15-16,18-19H2,1-3H3,(H,29,34)(H,30,33)(H,31,36)/b14-8+. The third kappa shape index (κ3) is 11.2. The first-order valence-corrected chi connectivity index (χ1v) is 12.6. The zero-order valence-corrected chi connectivity index (χ0v) is 22.1. The Labute approximate surface area is 222 Å². The van der Waals surface area contributed by atoms with Crippen molar-refractivity contribution in [2.45, 2.75) is 59.2 Å². The van der Waals surface area contributed by atoms with Gasteiger partial charge in [-0.25, -0.2) is 4.79 Å². The predicted octanol–water partition coefficient (Wildman–Crippen LogP) is 2.53. The van der Waals surface area contributed by atoms with Crippen LogP contribution in [0.4, 0.5) is 5.69 Å². The maximum atomic E-state index is 12.9. The highest BCUT2D eigenvalue weighted by Gasteiger charge is 2.20. The van der Waals surface area contributed by atoms with E-state index < -0.39 is 29.4 Å². The summed E-state index contributed by atoms with van der Waals surface area (Å²) in [6, 6.07) is 11.3. The predicted molar refractivity (Wildman–Crippen MR) is 144 cm³/mol. The summed E-state index contributed by atoms with van der Waals surface area (Å²) in [4.78, 5) is 61.4. The van der Waals surface area contributed by atoms with Crippen LogP contribution in [0, 0.1) is 5.92 Å². The van der Waals surface area contributed by atoms with E-state index in [9.17, 15) is 24.0 Å². The lowest BCUT2D eigenvalue weighted by Gasteiger charge is -2.17. The van der Waals surface area contributed by atoms with Crippen LogP contribution in [0.15, 0.2) is 65.6 Å². The molecule has 0 aliphatic carbocycles. The molecule has 0 spiro atoms. The largest absolute Gasteiger partial charge is 0.458 e. The number of carbonyl (C=O) groups excluding carboxylic acids is 4. The van der Waals surface area contributed by atoms with Crippen molar-refractivity contribution in [3.05, 3.63) is 76.7 Å². The van der Waals surface area contributed by atoms with Crippen LogP contribution >= 0.6 is 0 Å². The molecule has 1 unspecified atom stereocenters. The average molecular weight is 525 g/mol. The van der Waals surface area contributed by atoms with Gasteiger partial charge in [0.25, 0.3) is 5.56 Å². The lowest BCUT2D eigenvalue weighted by molar-refractivity contribution is -0.139. The molecule has 0 fully saturated rings. The Morgan fingerprint density at radius 2 is 1.76 bits per heavy atom. The van der Waals surface area contributed by atoms with E-state index in [1.165, 1.54) is 29.8 Å². The Hall–Kier alpha value is -4.21. The minimum Gasteiger partial charge on any atom is -0.458 e. The van der Waals surface area contributed by atoms with E-state index in [1.54, 1.807) is 12.1 Å². The van der Waals surface area contributed by atoms with Crippen molar-refractivity contribution in [3.63, 3.8) is 0 Å². The van der Waals surface area contributed by atoms with Gasteiger partial charge in [0.15, 0.2) is 0 Å². The molecule has 1 atom stereocenters. The SMILES string of the molecule is CC(=O)NC(CC/C=C/C(=O)OCc1ccccc1)C(=O)Nc1cccn(CC(=O)NCCC(C)C)c1=O. The number of carbonyl (C=O) groups is 4. The van der Waals surface area contributed by atoms with E-state index in [0.29, 0.717) is 18.9 Å². The zero-order valence-electron chi connectivity index (χ0n) is 22.1. The topological polar surface area (TPSA) is 136 Å². The van der Waals surface area contributed by atoms with Gasteiger partial charge in [0.1, 0.15) is 24.9 Å². The van der Waals surface area contributed by atoms with Gasteiger partial charge in [-0.1, -0.05) is 50.3 Å². The molecule has 0 bridgehead atoms. The van der Waals surface area contributed by atoms with Gasteiger partial charge >= 0.3 is 5.97 Å². The van der Waals surface area contributed by atoms with E-state index >= 15 is 0 Å². The zero-order chi connectivity index (χ0) is 27.9. The molecule has 1 heterocycles. The van der Waals surface area contributed by atoms with Crippen LogP contribution in [0.1, 0.15) is 45.6 Å². The van der Waals surface area contributed by atoms with Crippen LogP contribution in [-0.4, -0.2) is 40.8 Å². The summed E-state index contributed by atoms with van der Waals surface area (Å²) in [5.41, 5.74) is 0.314. The van der Waals surface area contributed by atoms with Gasteiger partial charge in [-0.2, -0.15) is 0 Å². The van der Waals surface area contributed by atoms with E-state index in [-0.39, 0.29) is 31.2 Å². The molecule has 204 valence electrons. The highest BCUT2D eigenvalue weighted by molar-refractivity contribution is 5.96. The molecular weight excluding hydrogens is 488 g/mol. The van der Waals surface area contributed by atoms with Crippen LogP contribution in [0.2, 0.25) is 0 Å².